The van der Waals surface area contributed by atoms with E-state index in [2.05, 4.69) is 0 Å². The van der Waals surface area contributed by atoms with Crippen LogP contribution < -0.4 is 0 Å². The van der Waals surface area contributed by atoms with Crippen molar-refractivity contribution in [3.05, 3.63) is 0 Å². The standard InChI is InChI=1S/C14H28O6.C14H28O4/c1-9-10(11(15)16)14(8,19-17-12(2,3)4)20-18-13(5,6)7;1-12(2,3)15-17-14(10-8-7-9-11-14)18-16-13(4,5)6/h10H,9H2,1-8H3,(H,15,16);7-11H2,1-6H3. The average molecular weight is 553 g/mol. The summed E-state index contributed by atoms with van der Waals surface area (Å²) >= 11 is 0. The summed E-state index contributed by atoms with van der Waals surface area (Å²) in [6.45, 7) is 25.7. The average Bonchev–Trinajstić information content (AvgIpc) is 2.73. The van der Waals surface area contributed by atoms with Gasteiger partial charge in [-0.1, -0.05) is 13.3 Å². The van der Waals surface area contributed by atoms with Gasteiger partial charge < -0.3 is 5.11 Å². The van der Waals surface area contributed by atoms with Crippen LogP contribution in [0.3, 0.4) is 0 Å². The molecule has 0 aromatic carbocycles. The lowest BCUT2D eigenvalue weighted by molar-refractivity contribution is -0.545. The Morgan fingerprint density at radius 2 is 0.974 bits per heavy atom. The zero-order chi connectivity index (χ0) is 30.1. The van der Waals surface area contributed by atoms with Crippen LogP contribution in [0.1, 0.15) is 135 Å². The molecule has 1 atom stereocenters. The summed E-state index contributed by atoms with van der Waals surface area (Å²) in [7, 11) is 0. The van der Waals surface area contributed by atoms with E-state index in [-0.39, 0.29) is 11.2 Å². The van der Waals surface area contributed by atoms with E-state index in [1.165, 1.54) is 13.3 Å². The summed E-state index contributed by atoms with van der Waals surface area (Å²) in [5, 5.41) is 9.30. The molecule has 0 aromatic heterocycles. The van der Waals surface area contributed by atoms with Gasteiger partial charge in [-0.2, -0.15) is 19.6 Å². The molecule has 0 heterocycles. The van der Waals surface area contributed by atoms with Crippen molar-refractivity contribution in [1.29, 1.82) is 0 Å². The Kier molecular flexibility index (Phi) is 14.4. The molecule has 1 saturated carbocycles. The van der Waals surface area contributed by atoms with Gasteiger partial charge in [0.15, 0.2) is 0 Å². The molecular formula is C28H56O10. The van der Waals surface area contributed by atoms with E-state index < -0.39 is 34.7 Å². The van der Waals surface area contributed by atoms with Crippen LogP contribution in [0, 0.1) is 5.92 Å². The van der Waals surface area contributed by atoms with Crippen molar-refractivity contribution in [1.82, 2.24) is 0 Å². The van der Waals surface area contributed by atoms with Gasteiger partial charge in [0.2, 0.25) is 11.6 Å². The molecular weight excluding hydrogens is 496 g/mol. The molecule has 38 heavy (non-hydrogen) atoms. The van der Waals surface area contributed by atoms with Crippen LogP contribution in [0.15, 0.2) is 0 Å². The predicted molar refractivity (Wildman–Crippen MR) is 143 cm³/mol. The van der Waals surface area contributed by atoms with Crippen molar-refractivity contribution in [2.45, 2.75) is 169 Å². The second kappa shape index (κ2) is 14.7. The summed E-state index contributed by atoms with van der Waals surface area (Å²) in [5.41, 5.74) is -1.89. The maximum absolute atomic E-state index is 11.4. The first-order chi connectivity index (χ1) is 16.9. The molecule has 228 valence electrons. The van der Waals surface area contributed by atoms with Crippen molar-refractivity contribution in [2.24, 2.45) is 5.92 Å². The van der Waals surface area contributed by atoms with Gasteiger partial charge in [-0.25, -0.2) is 19.6 Å². The van der Waals surface area contributed by atoms with Gasteiger partial charge in [0, 0.05) is 12.8 Å². The predicted octanol–water partition coefficient (Wildman–Crippen LogP) is 7.45. The van der Waals surface area contributed by atoms with Crippen molar-refractivity contribution in [3.63, 3.8) is 0 Å². The highest BCUT2D eigenvalue weighted by Crippen LogP contribution is 2.35. The third-order valence-electron chi connectivity index (χ3n) is 4.76. The molecule has 1 N–H and O–H groups in total. The fourth-order valence-corrected chi connectivity index (χ4v) is 2.99. The van der Waals surface area contributed by atoms with Crippen molar-refractivity contribution >= 4 is 5.97 Å². The molecule has 1 unspecified atom stereocenters. The van der Waals surface area contributed by atoms with Crippen LogP contribution in [0.4, 0.5) is 0 Å². The van der Waals surface area contributed by atoms with E-state index in [4.69, 9.17) is 39.1 Å². The molecule has 0 aromatic rings. The molecule has 0 bridgehead atoms. The van der Waals surface area contributed by atoms with Gasteiger partial charge in [0.1, 0.15) is 5.92 Å². The monoisotopic (exact) mass is 552 g/mol. The molecule has 1 aliphatic rings. The minimum atomic E-state index is -1.54. The number of carboxylic acids is 1. The quantitative estimate of drug-likeness (QED) is 0.158. The van der Waals surface area contributed by atoms with Crippen LogP contribution in [0.2, 0.25) is 0 Å². The first kappa shape index (κ1) is 37.1. The minimum absolute atomic E-state index is 0.312. The number of rotatable bonds is 11. The summed E-state index contributed by atoms with van der Waals surface area (Å²) in [4.78, 5) is 54.4. The third kappa shape index (κ3) is 17.0. The SMILES string of the molecule is CC(C)(C)OOC1(OOC(C)(C)C)CCCCC1.CCC(C(=O)O)C(C)(OOC(C)(C)C)OOC(C)(C)C. The van der Waals surface area contributed by atoms with Crippen molar-refractivity contribution in [2.75, 3.05) is 0 Å². The van der Waals surface area contributed by atoms with Crippen LogP contribution in [-0.4, -0.2) is 45.1 Å². The van der Waals surface area contributed by atoms with Gasteiger partial charge >= 0.3 is 5.97 Å². The summed E-state index contributed by atoms with van der Waals surface area (Å²) in [6, 6.07) is 0. The normalized spacial score (nSPS) is 17.9. The molecule has 0 aliphatic heterocycles. The summed E-state index contributed by atoms with van der Waals surface area (Å²) < 4.78 is 0. The van der Waals surface area contributed by atoms with Crippen LogP contribution in [-0.2, 0) is 43.9 Å². The number of hydrogen-bond donors (Lipinski definition) is 1. The third-order valence-corrected chi connectivity index (χ3v) is 4.76. The Labute approximate surface area is 230 Å². The molecule has 1 aliphatic carbocycles. The van der Waals surface area contributed by atoms with Crippen LogP contribution in [0.25, 0.3) is 0 Å². The molecule has 0 amide bonds. The van der Waals surface area contributed by atoms with E-state index >= 15 is 0 Å². The van der Waals surface area contributed by atoms with Gasteiger partial charge in [0.05, 0.1) is 22.4 Å². The molecule has 10 heteroatoms. The Bertz CT molecular complexity index is 636. The smallest absolute Gasteiger partial charge is 0.312 e. The van der Waals surface area contributed by atoms with E-state index in [0.29, 0.717) is 6.42 Å². The largest absolute Gasteiger partial charge is 0.481 e. The Morgan fingerprint density at radius 1 is 0.632 bits per heavy atom. The summed E-state index contributed by atoms with van der Waals surface area (Å²) in [5.74, 6) is -4.25. The molecule has 0 spiro atoms. The molecule has 10 nitrogen and oxygen atoms in total. The molecule has 1 fully saturated rings. The minimum Gasteiger partial charge on any atom is -0.481 e. The lowest BCUT2D eigenvalue weighted by Crippen LogP contribution is -2.47. The maximum atomic E-state index is 11.4. The molecule has 0 saturated heterocycles. The van der Waals surface area contributed by atoms with E-state index in [1.807, 2.05) is 41.5 Å². The number of hydrogen-bond acceptors (Lipinski definition) is 9. The van der Waals surface area contributed by atoms with Crippen molar-refractivity contribution < 1.29 is 49.0 Å². The Hall–Kier alpha value is -0.850. The van der Waals surface area contributed by atoms with E-state index in [1.54, 1.807) is 48.5 Å². The highest BCUT2D eigenvalue weighted by atomic mass is 17.3. The van der Waals surface area contributed by atoms with Crippen LogP contribution >= 0.6 is 0 Å². The molecule has 0 radical (unpaired) electrons. The first-order valence-corrected chi connectivity index (χ1v) is 13.6. The fraction of sp³-hybridized carbons (Fsp3) is 0.964. The first-order valence-electron chi connectivity index (χ1n) is 13.6. The highest BCUT2D eigenvalue weighted by Gasteiger charge is 2.45. The zero-order valence-corrected chi connectivity index (χ0v) is 26.4. The van der Waals surface area contributed by atoms with E-state index in [9.17, 15) is 9.90 Å². The number of carboxylic acid groups (broad SMARTS) is 1. The van der Waals surface area contributed by atoms with Crippen LogP contribution in [0.5, 0.6) is 0 Å². The van der Waals surface area contributed by atoms with Gasteiger partial charge in [-0.05, 0) is 109 Å². The maximum Gasteiger partial charge on any atom is 0.312 e. The molecule has 1 rings (SSSR count). The van der Waals surface area contributed by atoms with Gasteiger partial charge in [-0.3, -0.25) is 4.79 Å². The Balaban J connectivity index is 0.000000724. The second-order valence-corrected chi connectivity index (χ2v) is 13.9. The zero-order valence-electron chi connectivity index (χ0n) is 26.4. The fourth-order valence-electron chi connectivity index (χ4n) is 2.99. The van der Waals surface area contributed by atoms with Gasteiger partial charge in [0.25, 0.3) is 0 Å². The van der Waals surface area contributed by atoms with E-state index in [0.717, 1.165) is 25.7 Å². The van der Waals surface area contributed by atoms with Gasteiger partial charge in [-0.15, -0.1) is 0 Å². The van der Waals surface area contributed by atoms with Crippen molar-refractivity contribution in [3.8, 4) is 0 Å². The second-order valence-electron chi connectivity index (χ2n) is 13.9. The topological polar surface area (TPSA) is 111 Å². The lowest BCUT2D eigenvalue weighted by atomic mass is 9.94. The highest BCUT2D eigenvalue weighted by molar-refractivity contribution is 5.71. The lowest BCUT2D eigenvalue weighted by Gasteiger charge is -2.37. The summed E-state index contributed by atoms with van der Waals surface area (Å²) in [6.07, 6.45) is 5.27. The number of aliphatic carboxylic acids is 1. The number of carbonyl (C=O) groups is 1. The Morgan fingerprint density at radius 3 is 1.24 bits per heavy atom.